The summed E-state index contributed by atoms with van der Waals surface area (Å²) in [6.45, 7) is 8.92. The molecule has 0 aliphatic heterocycles. The van der Waals surface area contributed by atoms with Crippen LogP contribution in [0, 0.1) is 6.92 Å². The largest absolute Gasteiger partial charge is 0.385 e. The highest BCUT2D eigenvalue weighted by molar-refractivity contribution is 5.99. The molecule has 0 bridgehead atoms. The first kappa shape index (κ1) is 15.5. The Bertz CT molecular complexity index is 418. The highest BCUT2D eigenvalue weighted by atomic mass is 16.1. The molecule has 4 heteroatoms. The van der Waals surface area contributed by atoms with Gasteiger partial charge in [0.25, 0.3) is 5.91 Å². The Morgan fingerprint density at radius 3 is 2.79 bits per heavy atom. The Morgan fingerprint density at radius 2 is 2.16 bits per heavy atom. The molecular formula is C15H25N3O. The van der Waals surface area contributed by atoms with Crippen molar-refractivity contribution in [3.8, 4) is 0 Å². The molecule has 1 heterocycles. The molecule has 1 atom stereocenters. The smallest absolute Gasteiger partial charge is 0.255 e. The van der Waals surface area contributed by atoms with E-state index in [1.54, 1.807) is 6.20 Å². The number of nitrogens with one attached hydrogen (secondary N) is 2. The summed E-state index contributed by atoms with van der Waals surface area (Å²) in [6.07, 6.45) is 4.94. The van der Waals surface area contributed by atoms with E-state index >= 15 is 0 Å². The molecule has 0 saturated heterocycles. The number of hydrogen-bond acceptors (Lipinski definition) is 3. The number of aromatic nitrogens is 1. The Kier molecular flexibility index (Phi) is 6.33. The van der Waals surface area contributed by atoms with Gasteiger partial charge in [0.05, 0.1) is 11.3 Å². The van der Waals surface area contributed by atoms with Crippen LogP contribution in [0.1, 0.15) is 56.1 Å². The van der Waals surface area contributed by atoms with E-state index in [4.69, 9.17) is 0 Å². The summed E-state index contributed by atoms with van der Waals surface area (Å²) in [5.74, 6) is -0.0490. The first-order valence-corrected chi connectivity index (χ1v) is 7.09. The molecule has 106 valence electrons. The molecular weight excluding hydrogens is 238 g/mol. The molecule has 0 aliphatic carbocycles. The van der Waals surface area contributed by atoms with Gasteiger partial charge in [0.15, 0.2) is 0 Å². The van der Waals surface area contributed by atoms with Crippen molar-refractivity contribution < 1.29 is 4.79 Å². The second-order valence-electron chi connectivity index (χ2n) is 4.92. The molecule has 1 aromatic rings. The summed E-state index contributed by atoms with van der Waals surface area (Å²) < 4.78 is 0. The summed E-state index contributed by atoms with van der Waals surface area (Å²) >= 11 is 0. The van der Waals surface area contributed by atoms with Crippen LogP contribution in [-0.4, -0.2) is 23.5 Å². The number of nitrogens with zero attached hydrogens (tertiary/aromatic N) is 1. The molecule has 0 fully saturated rings. The summed E-state index contributed by atoms with van der Waals surface area (Å²) in [4.78, 5) is 16.4. The summed E-state index contributed by atoms with van der Waals surface area (Å²) in [5.41, 5.74) is 2.39. The first-order chi connectivity index (χ1) is 9.08. The average molecular weight is 263 g/mol. The lowest BCUT2D eigenvalue weighted by molar-refractivity contribution is 0.0938. The van der Waals surface area contributed by atoms with Crippen LogP contribution in [0.5, 0.6) is 0 Å². The minimum absolute atomic E-state index is 0.0490. The van der Waals surface area contributed by atoms with Gasteiger partial charge in [-0.2, -0.15) is 0 Å². The molecule has 2 N–H and O–H groups in total. The predicted molar refractivity (Wildman–Crippen MR) is 79.6 cm³/mol. The summed E-state index contributed by atoms with van der Waals surface area (Å²) in [7, 11) is 0. The van der Waals surface area contributed by atoms with Crippen molar-refractivity contribution in [2.45, 2.75) is 53.0 Å². The van der Waals surface area contributed by atoms with Crippen LogP contribution in [0.2, 0.25) is 0 Å². The summed E-state index contributed by atoms with van der Waals surface area (Å²) in [6, 6.07) is 2.11. The van der Waals surface area contributed by atoms with E-state index in [9.17, 15) is 4.79 Å². The second kappa shape index (κ2) is 7.77. The maximum Gasteiger partial charge on any atom is 0.255 e. The fraction of sp³-hybridized carbons (Fsp3) is 0.600. The molecule has 1 amide bonds. The fourth-order valence-electron chi connectivity index (χ4n) is 1.96. The van der Waals surface area contributed by atoms with E-state index in [-0.39, 0.29) is 11.9 Å². The SMILES string of the molecule is CCCCC(C)NC(=O)c1cnc(C)cc1NCC. The van der Waals surface area contributed by atoms with E-state index < -0.39 is 0 Å². The monoisotopic (exact) mass is 263 g/mol. The number of hydrogen-bond donors (Lipinski definition) is 2. The van der Waals surface area contributed by atoms with Gasteiger partial charge in [-0.1, -0.05) is 19.8 Å². The highest BCUT2D eigenvalue weighted by Crippen LogP contribution is 2.16. The third-order valence-electron chi connectivity index (χ3n) is 3.02. The van der Waals surface area contributed by atoms with Crippen molar-refractivity contribution in [2.24, 2.45) is 0 Å². The van der Waals surface area contributed by atoms with Crippen LogP contribution in [-0.2, 0) is 0 Å². The molecule has 1 aromatic heterocycles. The lowest BCUT2D eigenvalue weighted by atomic mass is 10.1. The zero-order chi connectivity index (χ0) is 14.3. The number of carbonyl (C=O) groups is 1. The minimum atomic E-state index is -0.0490. The highest BCUT2D eigenvalue weighted by Gasteiger charge is 2.14. The van der Waals surface area contributed by atoms with Gasteiger partial charge >= 0.3 is 0 Å². The van der Waals surface area contributed by atoms with Crippen LogP contribution in [0.4, 0.5) is 5.69 Å². The zero-order valence-corrected chi connectivity index (χ0v) is 12.4. The Labute approximate surface area is 116 Å². The number of carbonyl (C=O) groups excluding carboxylic acids is 1. The van der Waals surface area contributed by atoms with Crippen LogP contribution in [0.25, 0.3) is 0 Å². The lowest BCUT2D eigenvalue weighted by Gasteiger charge is -2.16. The van der Waals surface area contributed by atoms with Gasteiger partial charge in [-0.15, -0.1) is 0 Å². The average Bonchev–Trinajstić information content (AvgIpc) is 2.36. The van der Waals surface area contributed by atoms with E-state index in [2.05, 4.69) is 22.5 Å². The molecule has 4 nitrogen and oxygen atoms in total. The van der Waals surface area contributed by atoms with Crippen LogP contribution in [0.15, 0.2) is 12.3 Å². The van der Waals surface area contributed by atoms with Crippen molar-refractivity contribution in [3.05, 3.63) is 23.5 Å². The van der Waals surface area contributed by atoms with Gasteiger partial charge in [-0.05, 0) is 33.3 Å². The van der Waals surface area contributed by atoms with E-state index in [0.717, 1.165) is 37.2 Å². The second-order valence-corrected chi connectivity index (χ2v) is 4.92. The maximum absolute atomic E-state index is 12.2. The third-order valence-corrected chi connectivity index (χ3v) is 3.02. The number of aryl methyl sites for hydroxylation is 1. The van der Waals surface area contributed by atoms with E-state index in [0.29, 0.717) is 5.56 Å². The molecule has 1 unspecified atom stereocenters. The first-order valence-electron chi connectivity index (χ1n) is 7.09. The van der Waals surface area contributed by atoms with Crippen molar-refractivity contribution >= 4 is 11.6 Å². The van der Waals surface area contributed by atoms with Crippen molar-refractivity contribution in [3.63, 3.8) is 0 Å². The van der Waals surface area contributed by atoms with Gasteiger partial charge in [-0.25, -0.2) is 0 Å². The van der Waals surface area contributed by atoms with Crippen LogP contribution >= 0.6 is 0 Å². The Balaban J connectivity index is 2.75. The quantitative estimate of drug-likeness (QED) is 0.794. The van der Waals surface area contributed by atoms with E-state index in [1.165, 1.54) is 0 Å². The molecule has 0 radical (unpaired) electrons. The molecule has 1 rings (SSSR count). The minimum Gasteiger partial charge on any atom is -0.385 e. The maximum atomic E-state index is 12.2. The Morgan fingerprint density at radius 1 is 1.42 bits per heavy atom. The number of anilines is 1. The number of pyridine rings is 1. The van der Waals surface area contributed by atoms with Gasteiger partial charge < -0.3 is 10.6 Å². The standard InChI is InChI=1S/C15H25N3O/c1-5-7-8-11(3)18-15(19)13-10-17-12(4)9-14(13)16-6-2/h9-11H,5-8H2,1-4H3,(H,16,17)(H,18,19). The summed E-state index contributed by atoms with van der Waals surface area (Å²) in [5, 5.41) is 6.24. The van der Waals surface area contributed by atoms with Crippen molar-refractivity contribution in [1.82, 2.24) is 10.3 Å². The van der Waals surface area contributed by atoms with Gasteiger partial charge in [0, 0.05) is 24.5 Å². The normalized spacial score (nSPS) is 12.0. The van der Waals surface area contributed by atoms with Gasteiger partial charge in [0.2, 0.25) is 0 Å². The Hall–Kier alpha value is -1.58. The number of rotatable bonds is 7. The van der Waals surface area contributed by atoms with Crippen LogP contribution in [0.3, 0.4) is 0 Å². The topological polar surface area (TPSA) is 54.0 Å². The number of unbranched alkanes of at least 4 members (excludes halogenated alkanes) is 1. The molecule has 0 spiro atoms. The predicted octanol–water partition coefficient (Wildman–Crippen LogP) is 3.13. The van der Waals surface area contributed by atoms with Gasteiger partial charge in [0.1, 0.15) is 0 Å². The molecule has 0 aromatic carbocycles. The zero-order valence-electron chi connectivity index (χ0n) is 12.4. The van der Waals surface area contributed by atoms with E-state index in [1.807, 2.05) is 26.8 Å². The van der Waals surface area contributed by atoms with Crippen LogP contribution < -0.4 is 10.6 Å². The number of amides is 1. The molecule has 19 heavy (non-hydrogen) atoms. The lowest BCUT2D eigenvalue weighted by Crippen LogP contribution is -2.33. The fourth-order valence-corrected chi connectivity index (χ4v) is 1.96. The van der Waals surface area contributed by atoms with Crippen molar-refractivity contribution in [2.75, 3.05) is 11.9 Å². The molecule has 0 aliphatic rings. The molecule has 0 saturated carbocycles. The third kappa shape index (κ3) is 4.89. The van der Waals surface area contributed by atoms with Gasteiger partial charge in [-0.3, -0.25) is 9.78 Å². The van der Waals surface area contributed by atoms with Crippen molar-refractivity contribution in [1.29, 1.82) is 0 Å².